The molecule has 0 bridgehead atoms. The molecule has 1 heterocycles. The van der Waals surface area contributed by atoms with E-state index >= 15 is 0 Å². The van der Waals surface area contributed by atoms with E-state index in [1.165, 1.54) is 66.3 Å². The summed E-state index contributed by atoms with van der Waals surface area (Å²) in [6.07, 6.45) is 11.1. The fraction of sp³-hybridized carbons (Fsp3) is 0.667. The molecule has 1 nitrogen and oxygen atoms in total. The van der Waals surface area contributed by atoms with Gasteiger partial charge in [-0.3, -0.25) is 0 Å². The van der Waals surface area contributed by atoms with Crippen LogP contribution in [0.2, 0.25) is 0 Å². The van der Waals surface area contributed by atoms with Crippen LogP contribution in [0.3, 0.4) is 0 Å². The van der Waals surface area contributed by atoms with Crippen molar-refractivity contribution in [1.82, 2.24) is 4.98 Å². The number of hydrogen-bond donors (Lipinski definition) is 1. The molecule has 0 saturated heterocycles. The molecule has 2 heteroatoms. The van der Waals surface area contributed by atoms with Gasteiger partial charge in [-0.15, -0.1) is 15.8 Å². The lowest BCUT2D eigenvalue weighted by atomic mass is 9.78. The summed E-state index contributed by atoms with van der Waals surface area (Å²) < 4.78 is 0. The lowest BCUT2D eigenvalue weighted by Gasteiger charge is -2.27. The van der Waals surface area contributed by atoms with Gasteiger partial charge in [0, 0.05) is 16.6 Å². The summed E-state index contributed by atoms with van der Waals surface area (Å²) in [6, 6.07) is 8.61. The molecule has 0 spiro atoms. The summed E-state index contributed by atoms with van der Waals surface area (Å²) in [5, 5.41) is 1.41. The van der Waals surface area contributed by atoms with E-state index in [0.717, 1.165) is 24.2 Å². The number of hydrogen-bond acceptors (Lipinski definition) is 0. The van der Waals surface area contributed by atoms with Gasteiger partial charge >= 0.3 is 0 Å². The maximum absolute atomic E-state index is 4.03. The molecule has 0 aliphatic heterocycles. The third kappa shape index (κ3) is 20.6. The van der Waals surface area contributed by atoms with Gasteiger partial charge in [-0.25, -0.2) is 0 Å². The first-order valence-electron chi connectivity index (χ1n) is 15.3. The van der Waals surface area contributed by atoms with Crippen LogP contribution in [-0.2, 0) is 12.8 Å². The number of aryl methyl sites for hydroxylation is 1. The van der Waals surface area contributed by atoms with Crippen LogP contribution >= 0.6 is 9.24 Å². The Balaban J connectivity index is -0.000000468. The third-order valence-electron chi connectivity index (χ3n) is 5.99. The van der Waals surface area contributed by atoms with Crippen LogP contribution in [-0.4, -0.2) is 11.6 Å². The SMILES string of the molecule is C=C(C)C1CCC(CC)CC1.C=CC.CC.CC(C)(C)C.CCc1[nH]c2ccccc2c1CC(C)C.CP. The molecule has 1 unspecified atom stereocenters. The molecule has 1 atom stereocenters. The molecule has 3 rings (SSSR count). The summed E-state index contributed by atoms with van der Waals surface area (Å²) in [5.41, 5.74) is 6.11. The van der Waals surface area contributed by atoms with Crippen LogP contribution in [0.1, 0.15) is 126 Å². The van der Waals surface area contributed by atoms with E-state index in [0.29, 0.717) is 5.41 Å². The lowest BCUT2D eigenvalue weighted by Crippen LogP contribution is -2.14. The molecule has 2 aromatic rings. The highest BCUT2D eigenvalue weighted by Crippen LogP contribution is 2.33. The second kappa shape index (κ2) is 24.7. The van der Waals surface area contributed by atoms with Gasteiger partial charge in [0.05, 0.1) is 0 Å². The van der Waals surface area contributed by atoms with Crippen molar-refractivity contribution >= 4 is 20.1 Å². The average molecular weight is 546 g/mol. The topological polar surface area (TPSA) is 15.8 Å². The Morgan fingerprint density at radius 2 is 1.47 bits per heavy atom. The Morgan fingerprint density at radius 3 is 1.84 bits per heavy atom. The Kier molecular flexibility index (Phi) is 26.7. The van der Waals surface area contributed by atoms with Crippen molar-refractivity contribution in [3.63, 3.8) is 0 Å². The Morgan fingerprint density at radius 1 is 1.03 bits per heavy atom. The maximum Gasteiger partial charge on any atom is 0.0458 e. The molecule has 1 N–H and O–H groups in total. The van der Waals surface area contributed by atoms with Crippen molar-refractivity contribution < 1.29 is 0 Å². The van der Waals surface area contributed by atoms with Gasteiger partial charge in [0.15, 0.2) is 0 Å². The average Bonchev–Trinajstić information content (AvgIpc) is 3.23. The first kappa shape index (κ1) is 41.2. The van der Waals surface area contributed by atoms with Gasteiger partial charge in [-0.05, 0) is 87.2 Å². The first-order valence-corrected chi connectivity index (χ1v) is 16.4. The van der Waals surface area contributed by atoms with Gasteiger partial charge in [-0.1, -0.05) is 119 Å². The minimum atomic E-state index is 0.500. The molecule has 0 radical (unpaired) electrons. The number of benzene rings is 1. The summed E-state index contributed by atoms with van der Waals surface area (Å²) in [4.78, 5) is 3.52. The molecule has 1 saturated carbocycles. The van der Waals surface area contributed by atoms with Crippen molar-refractivity contribution in [1.29, 1.82) is 0 Å². The van der Waals surface area contributed by atoms with E-state index in [4.69, 9.17) is 0 Å². The minimum Gasteiger partial charge on any atom is -0.358 e. The van der Waals surface area contributed by atoms with Crippen molar-refractivity contribution in [2.75, 3.05) is 6.66 Å². The number of fused-ring (bicyclic) bond motifs is 1. The Labute approximate surface area is 243 Å². The van der Waals surface area contributed by atoms with Gasteiger partial charge in [0.25, 0.3) is 0 Å². The molecular weight excluding hydrogens is 477 g/mol. The van der Waals surface area contributed by atoms with Crippen molar-refractivity contribution in [3.8, 4) is 0 Å². The number of nitrogens with one attached hydrogen (secondary N) is 1. The van der Waals surface area contributed by atoms with Crippen molar-refractivity contribution in [3.05, 3.63) is 60.3 Å². The molecule has 1 aromatic carbocycles. The highest BCUT2D eigenvalue weighted by atomic mass is 31.0. The summed E-state index contributed by atoms with van der Waals surface area (Å²) in [6.45, 7) is 35.2. The van der Waals surface area contributed by atoms with Crippen LogP contribution in [0.5, 0.6) is 0 Å². The fourth-order valence-electron chi connectivity index (χ4n) is 4.26. The highest BCUT2D eigenvalue weighted by molar-refractivity contribution is 7.15. The second-order valence-electron chi connectivity index (χ2n) is 12.0. The van der Waals surface area contributed by atoms with Crippen molar-refractivity contribution in [2.24, 2.45) is 23.2 Å². The summed E-state index contributed by atoms with van der Waals surface area (Å²) in [7, 11) is 2.42. The highest BCUT2D eigenvalue weighted by Gasteiger charge is 2.19. The fourth-order valence-corrected chi connectivity index (χ4v) is 4.26. The summed E-state index contributed by atoms with van der Waals surface area (Å²) >= 11 is 0. The van der Waals surface area contributed by atoms with Crippen molar-refractivity contribution in [2.45, 2.75) is 128 Å². The van der Waals surface area contributed by atoms with Crippen LogP contribution < -0.4 is 0 Å². The molecule has 38 heavy (non-hydrogen) atoms. The van der Waals surface area contributed by atoms with Gasteiger partial charge in [-0.2, -0.15) is 0 Å². The third-order valence-corrected chi connectivity index (χ3v) is 5.99. The molecular formula is C36H68NP. The number of H-pyrrole nitrogens is 1. The van der Waals surface area contributed by atoms with E-state index in [9.17, 15) is 0 Å². The van der Waals surface area contributed by atoms with Gasteiger partial charge < -0.3 is 4.98 Å². The molecule has 1 aliphatic carbocycles. The zero-order chi connectivity index (χ0) is 30.3. The zero-order valence-electron chi connectivity index (χ0n) is 28.1. The van der Waals surface area contributed by atoms with E-state index in [1.807, 2.05) is 27.4 Å². The van der Waals surface area contributed by atoms with Crippen LogP contribution in [0.4, 0.5) is 0 Å². The number of aromatic nitrogens is 1. The van der Waals surface area contributed by atoms with Gasteiger partial charge in [0.1, 0.15) is 0 Å². The number of para-hydroxylation sites is 1. The predicted octanol–water partition coefficient (Wildman–Crippen LogP) is 12.5. The van der Waals surface area contributed by atoms with Crippen LogP contribution in [0.15, 0.2) is 49.1 Å². The van der Waals surface area contributed by atoms with Crippen LogP contribution in [0, 0.1) is 23.2 Å². The first-order chi connectivity index (χ1) is 17.9. The molecule has 0 amide bonds. The number of allylic oxidation sites excluding steroid dienone is 2. The number of rotatable bonds is 5. The quantitative estimate of drug-likeness (QED) is 0.284. The standard InChI is InChI=1S/C14H19N.C11H20.C5H12.C3H6.C2H6.CH5P/c1-4-13-12(9-10(2)3)11-7-5-6-8-14(11)15-13;1-4-10-5-7-11(8-6-10)9(2)3;1-5(2,3)4;1-3-2;2*1-2/h5-8,10,15H,4,9H2,1-3H3;10-11H,2,4-8H2,1,3H3;1-4H3;3H,1H2,2H3;1-2H3;2H2,1H3. The van der Waals surface area contributed by atoms with E-state index < -0.39 is 0 Å². The smallest absolute Gasteiger partial charge is 0.0458 e. The van der Waals surface area contributed by atoms with E-state index in [-0.39, 0.29) is 0 Å². The Bertz CT molecular complexity index is 807. The molecule has 222 valence electrons. The monoisotopic (exact) mass is 546 g/mol. The normalized spacial score (nSPS) is 16.0. The molecule has 1 fully saturated rings. The minimum absolute atomic E-state index is 0.500. The van der Waals surface area contributed by atoms with E-state index in [1.54, 1.807) is 6.08 Å². The van der Waals surface area contributed by atoms with Gasteiger partial charge in [0.2, 0.25) is 0 Å². The lowest BCUT2D eigenvalue weighted by molar-refractivity contribution is 0.295. The molecule has 1 aliphatic rings. The van der Waals surface area contributed by atoms with E-state index in [2.05, 4.69) is 114 Å². The number of aromatic amines is 1. The second-order valence-corrected chi connectivity index (χ2v) is 12.0. The Hall–Kier alpha value is -1.33. The molecule has 1 aromatic heterocycles. The predicted molar refractivity (Wildman–Crippen MR) is 185 cm³/mol. The zero-order valence-corrected chi connectivity index (χ0v) is 29.2. The van der Waals surface area contributed by atoms with Crippen LogP contribution in [0.25, 0.3) is 10.9 Å². The largest absolute Gasteiger partial charge is 0.358 e. The summed E-state index contributed by atoms with van der Waals surface area (Å²) in [5.74, 6) is 2.58. The maximum atomic E-state index is 4.03.